The van der Waals surface area contributed by atoms with Gasteiger partial charge in [-0.3, -0.25) is 4.79 Å². The van der Waals surface area contributed by atoms with Crippen molar-refractivity contribution in [3.63, 3.8) is 0 Å². The van der Waals surface area contributed by atoms with Gasteiger partial charge in [-0.25, -0.2) is 0 Å². The van der Waals surface area contributed by atoms with Crippen LogP contribution >= 0.6 is 12.2 Å². The molecule has 0 spiro atoms. The number of hydrogen-bond donors (Lipinski definition) is 1. The normalized spacial score (nSPS) is 20.2. The number of likely N-dealkylation sites (N-methyl/N-ethyl adjacent to an activating group) is 1. The van der Waals surface area contributed by atoms with Crippen molar-refractivity contribution in [2.75, 3.05) is 32.5 Å². The number of nitrogens with zero attached hydrogens (tertiary/aromatic N) is 2. The van der Waals surface area contributed by atoms with Crippen molar-refractivity contribution >= 4 is 55.7 Å². The Morgan fingerprint density at radius 1 is 1.11 bits per heavy atom. The molecule has 0 bridgehead atoms. The number of fused-ring (bicyclic) bond motifs is 7. The predicted octanol–water partition coefficient (Wildman–Crippen LogP) is 4.73. The van der Waals surface area contributed by atoms with E-state index in [2.05, 4.69) is 26.9 Å². The van der Waals surface area contributed by atoms with Gasteiger partial charge in [-0.1, -0.05) is 24.3 Å². The van der Waals surface area contributed by atoms with Crippen molar-refractivity contribution in [2.45, 2.75) is 31.7 Å². The molecule has 1 saturated heterocycles. The molecule has 6 rings (SSSR count). The van der Waals surface area contributed by atoms with Crippen LogP contribution in [0.5, 0.6) is 5.75 Å². The van der Waals surface area contributed by atoms with Crippen LogP contribution in [-0.2, 0) is 16.5 Å². The summed E-state index contributed by atoms with van der Waals surface area (Å²) in [4.78, 5) is 16.3. The van der Waals surface area contributed by atoms with Crippen LogP contribution in [0.15, 0.2) is 47.3 Å². The Balaban J connectivity index is 1.71. The van der Waals surface area contributed by atoms with E-state index in [0.717, 1.165) is 39.6 Å². The maximum Gasteiger partial charge on any atom is 0.353 e. The molecule has 0 saturated carbocycles. The summed E-state index contributed by atoms with van der Waals surface area (Å²) in [6.45, 7) is 5.44. The molecule has 186 valence electrons. The summed E-state index contributed by atoms with van der Waals surface area (Å²) in [6.07, 6.45) is -0.895. The average molecular weight is 504 g/mol. The second kappa shape index (κ2) is 8.08. The molecule has 36 heavy (non-hydrogen) atoms. The number of nitrogens with one attached hydrogen (secondary N) is 1. The summed E-state index contributed by atoms with van der Waals surface area (Å²) in [5, 5.41) is 7.00. The largest absolute Gasteiger partial charge is 0.483 e. The molecule has 0 radical (unpaired) electrons. The first kappa shape index (κ1) is 23.1. The number of rotatable bonds is 4. The standard InChI is InChI=1S/C28H29N3O4S/c1-28(2)26-25(33-27(36)34-26)22-20(35-28)14-18(29-10-11-30(3)4)21-23(22)31(5)19-13-16-9-7-6-8-15(16)12-17(19)24(21)32/h6-9,12-14,25-26,29H,10-11H2,1-5H3/t25-,26-/m1/s1. The van der Waals surface area contributed by atoms with E-state index >= 15 is 0 Å². The lowest BCUT2D eigenvalue weighted by Gasteiger charge is -2.39. The van der Waals surface area contributed by atoms with E-state index in [1.165, 1.54) is 0 Å². The van der Waals surface area contributed by atoms with Crippen LogP contribution in [-0.4, -0.2) is 53.6 Å². The van der Waals surface area contributed by atoms with Crippen LogP contribution in [0.3, 0.4) is 0 Å². The Labute approximate surface area is 214 Å². The lowest BCUT2D eigenvalue weighted by molar-refractivity contribution is -0.0478. The minimum absolute atomic E-state index is 0.0260. The summed E-state index contributed by atoms with van der Waals surface area (Å²) in [5.74, 6) is 0.671. The van der Waals surface area contributed by atoms with E-state index in [1.807, 2.05) is 65.3 Å². The SMILES string of the molecule is CN(C)CCNc1cc2c(c3c1c(=O)c1cc4ccccc4cc1n3C)[C@H]1OC(=S)O[C@H]1C(C)(C)O2. The number of aryl methyl sites for hydroxylation is 1. The zero-order valence-electron chi connectivity index (χ0n) is 21.0. The van der Waals surface area contributed by atoms with Crippen molar-refractivity contribution in [1.29, 1.82) is 0 Å². The topological polar surface area (TPSA) is 65.0 Å². The quantitative estimate of drug-likeness (QED) is 0.319. The van der Waals surface area contributed by atoms with Crippen LogP contribution in [0.25, 0.3) is 32.6 Å². The summed E-state index contributed by atoms with van der Waals surface area (Å²) < 4.78 is 20.5. The molecule has 3 heterocycles. The van der Waals surface area contributed by atoms with Crippen molar-refractivity contribution in [3.8, 4) is 5.75 Å². The molecule has 1 aromatic heterocycles. The van der Waals surface area contributed by atoms with Crippen molar-refractivity contribution in [3.05, 3.63) is 58.3 Å². The summed E-state index contributed by atoms with van der Waals surface area (Å²) in [5.41, 5.74) is 2.47. The predicted molar refractivity (Wildman–Crippen MR) is 147 cm³/mol. The van der Waals surface area contributed by atoms with Gasteiger partial charge in [0.1, 0.15) is 11.4 Å². The van der Waals surface area contributed by atoms with Crippen molar-refractivity contribution in [2.24, 2.45) is 7.05 Å². The van der Waals surface area contributed by atoms with E-state index in [-0.39, 0.29) is 10.7 Å². The van der Waals surface area contributed by atoms with Crippen molar-refractivity contribution < 1.29 is 14.2 Å². The molecule has 2 aliphatic heterocycles. The first-order chi connectivity index (χ1) is 17.2. The Bertz CT molecular complexity index is 1630. The third kappa shape index (κ3) is 3.43. The number of anilines is 1. The maximum atomic E-state index is 14.2. The molecule has 8 heteroatoms. The lowest BCUT2D eigenvalue weighted by atomic mass is 9.86. The molecule has 4 aromatic rings. The molecule has 1 fully saturated rings. The second-order valence-electron chi connectivity index (χ2n) is 10.4. The van der Waals surface area contributed by atoms with Crippen LogP contribution in [0.1, 0.15) is 25.5 Å². The number of aromatic nitrogens is 1. The molecule has 0 amide bonds. The number of thiocarbonyl (C=S) groups is 1. The zero-order valence-corrected chi connectivity index (χ0v) is 21.9. The molecule has 2 atom stereocenters. The highest BCUT2D eigenvalue weighted by atomic mass is 32.1. The smallest absolute Gasteiger partial charge is 0.353 e. The van der Waals surface area contributed by atoms with Crippen LogP contribution in [0.2, 0.25) is 0 Å². The summed E-state index contributed by atoms with van der Waals surface area (Å²) in [7, 11) is 6.04. The van der Waals surface area contributed by atoms with Crippen molar-refractivity contribution in [1.82, 2.24) is 9.47 Å². The Morgan fingerprint density at radius 3 is 2.56 bits per heavy atom. The first-order valence-corrected chi connectivity index (χ1v) is 12.5. The van der Waals surface area contributed by atoms with Crippen LogP contribution in [0, 0.1) is 0 Å². The van der Waals surface area contributed by atoms with Gasteiger partial charge in [0.15, 0.2) is 17.6 Å². The third-order valence-corrected chi connectivity index (χ3v) is 7.47. The van der Waals surface area contributed by atoms with E-state index < -0.39 is 17.8 Å². The highest BCUT2D eigenvalue weighted by Gasteiger charge is 2.53. The molecular formula is C28H29N3O4S. The first-order valence-electron chi connectivity index (χ1n) is 12.1. The third-order valence-electron chi connectivity index (χ3n) is 7.27. The molecule has 0 aliphatic carbocycles. The number of pyridine rings is 1. The monoisotopic (exact) mass is 503 g/mol. The van der Waals surface area contributed by atoms with E-state index in [9.17, 15) is 4.79 Å². The maximum absolute atomic E-state index is 14.2. The number of hydrogen-bond acceptors (Lipinski definition) is 7. The van der Waals surface area contributed by atoms with E-state index in [1.54, 1.807) is 0 Å². The Kier molecular flexibility index (Phi) is 5.18. The number of ether oxygens (including phenoxy) is 3. The van der Waals surface area contributed by atoms with Gasteiger partial charge in [0.05, 0.1) is 27.7 Å². The fourth-order valence-electron chi connectivity index (χ4n) is 5.51. The van der Waals surface area contributed by atoms with E-state index in [4.69, 9.17) is 26.4 Å². The minimum atomic E-state index is -0.668. The van der Waals surface area contributed by atoms with Crippen LogP contribution in [0.4, 0.5) is 5.69 Å². The fraction of sp³-hybridized carbons (Fsp3) is 0.357. The van der Waals surface area contributed by atoms with Gasteiger partial charge < -0.3 is 29.0 Å². The molecule has 3 aromatic carbocycles. The molecule has 1 N–H and O–H groups in total. The zero-order chi connectivity index (χ0) is 25.4. The van der Waals surface area contributed by atoms with Gasteiger partial charge in [-0.05, 0) is 50.8 Å². The van der Waals surface area contributed by atoms with E-state index in [0.29, 0.717) is 23.1 Å². The summed E-state index contributed by atoms with van der Waals surface area (Å²) >= 11 is 5.30. The molecule has 2 aliphatic rings. The van der Waals surface area contributed by atoms with Crippen LogP contribution < -0.4 is 15.5 Å². The molecule has 7 nitrogen and oxygen atoms in total. The van der Waals surface area contributed by atoms with Gasteiger partial charge in [0, 0.05) is 43.8 Å². The molecule has 0 unspecified atom stereocenters. The minimum Gasteiger partial charge on any atom is -0.483 e. The summed E-state index contributed by atoms with van der Waals surface area (Å²) in [6, 6.07) is 14.1. The Hall–Kier alpha value is -3.36. The van der Waals surface area contributed by atoms with Gasteiger partial charge >= 0.3 is 5.24 Å². The Morgan fingerprint density at radius 2 is 1.83 bits per heavy atom. The van der Waals surface area contributed by atoms with Gasteiger partial charge in [0.2, 0.25) is 0 Å². The highest BCUT2D eigenvalue weighted by molar-refractivity contribution is 7.79. The van der Waals surface area contributed by atoms with Gasteiger partial charge in [0.25, 0.3) is 0 Å². The molecular weight excluding hydrogens is 474 g/mol. The number of benzene rings is 3. The fourth-order valence-corrected chi connectivity index (χ4v) is 5.72. The average Bonchev–Trinajstić information content (AvgIpc) is 3.23. The van der Waals surface area contributed by atoms with Gasteiger partial charge in [-0.15, -0.1) is 0 Å². The second-order valence-corrected chi connectivity index (χ2v) is 10.8. The lowest BCUT2D eigenvalue weighted by Crippen LogP contribution is -2.48. The highest BCUT2D eigenvalue weighted by Crippen LogP contribution is 2.50. The van der Waals surface area contributed by atoms with Gasteiger partial charge in [-0.2, -0.15) is 0 Å².